The fourth-order valence-corrected chi connectivity index (χ4v) is 3.79. The van der Waals surface area contributed by atoms with E-state index in [0.717, 1.165) is 35.8 Å². The predicted octanol–water partition coefficient (Wildman–Crippen LogP) is 1.90. The zero-order chi connectivity index (χ0) is 18.0. The largest absolute Gasteiger partial charge is 0.465 e. The maximum absolute atomic E-state index is 12.2. The van der Waals surface area contributed by atoms with Crippen LogP contribution in [0.3, 0.4) is 0 Å². The van der Waals surface area contributed by atoms with Gasteiger partial charge in [-0.2, -0.15) is 0 Å². The molecular weight excluding hydrogens is 390 g/mol. The van der Waals surface area contributed by atoms with Crippen molar-refractivity contribution in [3.63, 3.8) is 0 Å². The molecule has 1 aliphatic rings. The number of carbonyl (C=O) groups is 1. The van der Waals surface area contributed by atoms with Gasteiger partial charge < -0.3 is 14.7 Å². The Morgan fingerprint density at radius 3 is 2.80 bits per heavy atom. The number of carbonyl (C=O) groups excluding carboxylic acids is 1. The molecule has 0 radical (unpaired) electrons. The molecule has 1 aromatic carbocycles. The van der Waals surface area contributed by atoms with E-state index >= 15 is 0 Å². The molecule has 2 N–H and O–H groups in total. The van der Waals surface area contributed by atoms with Crippen LogP contribution in [-0.2, 0) is 16.1 Å². The van der Waals surface area contributed by atoms with Gasteiger partial charge in [0.2, 0.25) is 0 Å². The number of benzene rings is 1. The van der Waals surface area contributed by atoms with Crippen LogP contribution in [0, 0.1) is 0 Å². The number of aromatic amines is 2. The van der Waals surface area contributed by atoms with E-state index in [-0.39, 0.29) is 12.0 Å². The third-order valence-corrected chi connectivity index (χ3v) is 4.88. The molecule has 7 nitrogen and oxygen atoms in total. The maximum Gasteiger partial charge on any atom is 0.323 e. The van der Waals surface area contributed by atoms with Crippen LogP contribution in [0.5, 0.6) is 0 Å². The average Bonchev–Trinajstić information content (AvgIpc) is 2.57. The highest BCUT2D eigenvalue weighted by Crippen LogP contribution is 2.25. The molecule has 1 atom stereocenters. The summed E-state index contributed by atoms with van der Waals surface area (Å²) < 4.78 is 5.99. The van der Waals surface area contributed by atoms with Crippen molar-refractivity contribution in [1.82, 2.24) is 14.9 Å². The smallest absolute Gasteiger partial charge is 0.323 e. The predicted molar refractivity (Wildman–Crippen MR) is 97.6 cm³/mol. The summed E-state index contributed by atoms with van der Waals surface area (Å²) in [5.41, 5.74) is 0.615. The number of likely N-dealkylation sites (tertiary alicyclic amines) is 1. The number of aromatic nitrogens is 2. The Bertz CT molecular complexity index is 905. The van der Waals surface area contributed by atoms with Crippen molar-refractivity contribution < 1.29 is 9.53 Å². The SMILES string of the molecule is CCOC(=O)C1CCCCN1Cc1cc(Br)cc2[nH]c(=O)c(=O)[nH]c12. The first kappa shape index (κ1) is 17.9. The van der Waals surface area contributed by atoms with Gasteiger partial charge in [-0.15, -0.1) is 0 Å². The Kier molecular flexibility index (Phi) is 5.39. The van der Waals surface area contributed by atoms with Crippen LogP contribution < -0.4 is 11.1 Å². The number of piperidine rings is 1. The highest BCUT2D eigenvalue weighted by molar-refractivity contribution is 9.10. The summed E-state index contributed by atoms with van der Waals surface area (Å²) in [5.74, 6) is -0.205. The number of hydrogen-bond donors (Lipinski definition) is 2. The molecule has 0 aliphatic carbocycles. The molecule has 3 rings (SSSR count). The van der Waals surface area contributed by atoms with Crippen molar-refractivity contribution in [2.75, 3.05) is 13.2 Å². The van der Waals surface area contributed by atoms with Gasteiger partial charge >= 0.3 is 17.1 Å². The standard InChI is InChI=1S/C17H20BrN3O4/c1-2-25-17(24)13-5-3-4-6-21(13)9-10-7-11(18)8-12-14(10)20-16(23)15(22)19-12/h7-8,13H,2-6,9H2,1H3,(H,19,22)(H,20,23). The molecule has 1 unspecified atom stereocenters. The van der Waals surface area contributed by atoms with Gasteiger partial charge in [0.15, 0.2) is 0 Å². The minimum atomic E-state index is -0.684. The normalized spacial score (nSPS) is 18.4. The molecule has 1 aliphatic heterocycles. The zero-order valence-corrected chi connectivity index (χ0v) is 15.5. The van der Waals surface area contributed by atoms with E-state index in [2.05, 4.69) is 30.8 Å². The third kappa shape index (κ3) is 3.85. The maximum atomic E-state index is 12.2. The van der Waals surface area contributed by atoms with Crippen LogP contribution >= 0.6 is 15.9 Å². The lowest BCUT2D eigenvalue weighted by molar-refractivity contribution is -0.151. The van der Waals surface area contributed by atoms with Gasteiger partial charge in [-0.1, -0.05) is 22.4 Å². The topological polar surface area (TPSA) is 95.3 Å². The van der Waals surface area contributed by atoms with E-state index in [0.29, 0.717) is 24.2 Å². The van der Waals surface area contributed by atoms with Crippen molar-refractivity contribution in [1.29, 1.82) is 0 Å². The van der Waals surface area contributed by atoms with Gasteiger partial charge in [0.1, 0.15) is 6.04 Å². The van der Waals surface area contributed by atoms with Gasteiger partial charge in [-0.25, -0.2) is 0 Å². The molecule has 0 saturated carbocycles. The lowest BCUT2D eigenvalue weighted by Gasteiger charge is -2.34. The zero-order valence-electron chi connectivity index (χ0n) is 13.9. The number of rotatable bonds is 4. The molecule has 0 bridgehead atoms. The molecule has 0 spiro atoms. The summed E-state index contributed by atoms with van der Waals surface area (Å²) in [4.78, 5) is 42.9. The number of hydrogen-bond acceptors (Lipinski definition) is 5. The molecule has 2 heterocycles. The van der Waals surface area contributed by atoms with Crippen LogP contribution in [0.2, 0.25) is 0 Å². The lowest BCUT2D eigenvalue weighted by atomic mass is 10.0. The Labute approximate surface area is 152 Å². The summed E-state index contributed by atoms with van der Waals surface area (Å²) in [6.45, 7) is 3.43. The van der Waals surface area contributed by atoms with E-state index in [4.69, 9.17) is 4.74 Å². The number of H-pyrrole nitrogens is 2. The molecule has 1 fully saturated rings. The second kappa shape index (κ2) is 7.53. The van der Waals surface area contributed by atoms with Crippen molar-refractivity contribution in [3.05, 3.63) is 42.9 Å². The first-order valence-electron chi connectivity index (χ1n) is 8.35. The number of halogens is 1. The van der Waals surface area contributed by atoms with Crippen molar-refractivity contribution in [3.8, 4) is 0 Å². The van der Waals surface area contributed by atoms with E-state index in [1.165, 1.54) is 0 Å². The molecule has 2 aromatic rings. The molecule has 8 heteroatoms. The number of nitrogens with zero attached hydrogens (tertiary/aromatic N) is 1. The van der Waals surface area contributed by atoms with Crippen LogP contribution in [-0.4, -0.2) is 40.0 Å². The van der Waals surface area contributed by atoms with Gasteiger partial charge in [0.25, 0.3) is 0 Å². The minimum absolute atomic E-state index is 0.205. The fraction of sp³-hybridized carbons (Fsp3) is 0.471. The molecule has 134 valence electrons. The molecule has 1 saturated heterocycles. The van der Waals surface area contributed by atoms with Crippen LogP contribution in [0.1, 0.15) is 31.7 Å². The summed E-state index contributed by atoms with van der Waals surface area (Å²) >= 11 is 3.44. The van der Waals surface area contributed by atoms with E-state index < -0.39 is 11.1 Å². The molecule has 1 aromatic heterocycles. The third-order valence-electron chi connectivity index (χ3n) is 4.42. The van der Waals surface area contributed by atoms with Crippen molar-refractivity contribution in [2.24, 2.45) is 0 Å². The second-order valence-electron chi connectivity index (χ2n) is 6.13. The lowest BCUT2D eigenvalue weighted by Crippen LogP contribution is -2.45. The highest BCUT2D eigenvalue weighted by atomic mass is 79.9. The number of fused-ring (bicyclic) bond motifs is 1. The van der Waals surface area contributed by atoms with Crippen molar-refractivity contribution >= 4 is 32.9 Å². The number of ether oxygens (including phenoxy) is 1. The highest BCUT2D eigenvalue weighted by Gasteiger charge is 2.30. The Hall–Kier alpha value is -1.93. The van der Waals surface area contributed by atoms with Gasteiger partial charge in [0, 0.05) is 11.0 Å². The summed E-state index contributed by atoms with van der Waals surface area (Å²) in [6, 6.07) is 3.36. The Morgan fingerprint density at radius 2 is 2.04 bits per heavy atom. The van der Waals surface area contributed by atoms with Gasteiger partial charge in [-0.3, -0.25) is 19.3 Å². The molecule has 25 heavy (non-hydrogen) atoms. The summed E-state index contributed by atoms with van der Waals surface area (Å²) in [5, 5.41) is 0. The van der Waals surface area contributed by atoms with Crippen LogP contribution in [0.25, 0.3) is 11.0 Å². The van der Waals surface area contributed by atoms with Crippen molar-refractivity contribution in [2.45, 2.75) is 38.8 Å². The quantitative estimate of drug-likeness (QED) is 0.593. The summed E-state index contributed by atoms with van der Waals surface area (Å²) in [7, 11) is 0. The first-order chi connectivity index (χ1) is 12.0. The monoisotopic (exact) mass is 409 g/mol. The number of esters is 1. The van der Waals surface area contributed by atoms with Crippen LogP contribution in [0.4, 0.5) is 0 Å². The molecule has 0 amide bonds. The second-order valence-corrected chi connectivity index (χ2v) is 7.05. The van der Waals surface area contributed by atoms with E-state index in [1.807, 2.05) is 6.07 Å². The fourth-order valence-electron chi connectivity index (χ4n) is 3.29. The van der Waals surface area contributed by atoms with E-state index in [9.17, 15) is 14.4 Å². The number of nitrogens with one attached hydrogen (secondary N) is 2. The van der Waals surface area contributed by atoms with Gasteiger partial charge in [0.05, 0.1) is 17.6 Å². The van der Waals surface area contributed by atoms with Crippen LogP contribution in [0.15, 0.2) is 26.2 Å². The average molecular weight is 410 g/mol. The van der Waals surface area contributed by atoms with E-state index in [1.54, 1.807) is 13.0 Å². The minimum Gasteiger partial charge on any atom is -0.465 e. The molecular formula is C17H20BrN3O4. The Morgan fingerprint density at radius 1 is 1.28 bits per heavy atom. The van der Waals surface area contributed by atoms with Gasteiger partial charge in [-0.05, 0) is 44.0 Å². The summed E-state index contributed by atoms with van der Waals surface area (Å²) in [6.07, 6.45) is 2.76. The first-order valence-corrected chi connectivity index (χ1v) is 9.14. The Balaban J connectivity index is 1.98.